The van der Waals surface area contributed by atoms with E-state index in [0.29, 0.717) is 5.69 Å². The van der Waals surface area contributed by atoms with Crippen molar-refractivity contribution in [2.45, 2.75) is 0 Å². The first kappa shape index (κ1) is 11.8. The van der Waals surface area contributed by atoms with E-state index in [1.54, 1.807) is 0 Å². The monoisotopic (exact) mass is 239 g/mol. The molecule has 0 radical (unpaired) electrons. The molecule has 1 heterocycles. The number of nitrogens with zero attached hydrogens (tertiary/aromatic N) is 3. The summed E-state index contributed by atoms with van der Waals surface area (Å²) in [6, 6.07) is 3.73. The van der Waals surface area contributed by atoms with E-state index in [9.17, 15) is 14.5 Å². The van der Waals surface area contributed by atoms with Gasteiger partial charge in [0.25, 0.3) is 5.69 Å². The van der Waals surface area contributed by atoms with Crippen LogP contribution in [0, 0.1) is 15.9 Å². The van der Waals surface area contributed by atoms with Crippen molar-refractivity contribution in [3.05, 3.63) is 34.1 Å². The second-order valence-electron chi connectivity index (χ2n) is 4.18. The first-order chi connectivity index (χ1) is 8.08. The van der Waals surface area contributed by atoms with E-state index >= 15 is 0 Å². The number of hydrogen-bond acceptors (Lipinski definition) is 4. The average Bonchev–Trinajstić information content (AvgIpc) is 2.30. The summed E-state index contributed by atoms with van der Waals surface area (Å²) in [5, 5.41) is 10.9. The number of hydrogen-bond donors (Lipinski definition) is 0. The van der Waals surface area contributed by atoms with Gasteiger partial charge in [-0.3, -0.25) is 10.1 Å². The lowest BCUT2D eigenvalue weighted by molar-refractivity contribution is -0.384. The number of anilines is 1. The molecule has 0 bridgehead atoms. The zero-order chi connectivity index (χ0) is 12.4. The second-order valence-corrected chi connectivity index (χ2v) is 4.18. The van der Waals surface area contributed by atoms with Crippen molar-refractivity contribution in [1.29, 1.82) is 0 Å². The van der Waals surface area contributed by atoms with Crippen molar-refractivity contribution >= 4 is 11.4 Å². The summed E-state index contributed by atoms with van der Waals surface area (Å²) in [5.74, 6) is -0.574. The molecule has 1 saturated heterocycles. The summed E-state index contributed by atoms with van der Waals surface area (Å²) in [4.78, 5) is 14.4. The lowest BCUT2D eigenvalue weighted by Gasteiger charge is -2.33. The van der Waals surface area contributed by atoms with Crippen LogP contribution in [0.15, 0.2) is 18.2 Å². The number of likely N-dealkylation sites (N-methyl/N-ethyl adjacent to an activating group) is 1. The molecule has 0 saturated carbocycles. The third-order valence-corrected chi connectivity index (χ3v) is 2.98. The highest BCUT2D eigenvalue weighted by molar-refractivity contribution is 5.63. The molecule has 0 N–H and O–H groups in total. The van der Waals surface area contributed by atoms with Gasteiger partial charge in [0.1, 0.15) is 11.5 Å². The maximum absolute atomic E-state index is 13.0. The summed E-state index contributed by atoms with van der Waals surface area (Å²) in [6.07, 6.45) is 0. The lowest BCUT2D eigenvalue weighted by atomic mass is 10.2. The number of piperazine rings is 1. The van der Waals surface area contributed by atoms with Gasteiger partial charge in [0.05, 0.1) is 11.0 Å². The van der Waals surface area contributed by atoms with Gasteiger partial charge in [0, 0.05) is 26.2 Å². The summed E-state index contributed by atoms with van der Waals surface area (Å²) < 4.78 is 13.0. The van der Waals surface area contributed by atoms with Crippen molar-refractivity contribution in [2.24, 2.45) is 0 Å². The van der Waals surface area contributed by atoms with Crippen LogP contribution in [-0.2, 0) is 0 Å². The van der Waals surface area contributed by atoms with E-state index in [2.05, 4.69) is 4.90 Å². The molecule has 1 fully saturated rings. The van der Waals surface area contributed by atoms with E-state index in [1.165, 1.54) is 12.1 Å². The predicted molar refractivity (Wildman–Crippen MR) is 62.8 cm³/mol. The van der Waals surface area contributed by atoms with Gasteiger partial charge in [-0.05, 0) is 19.2 Å². The quantitative estimate of drug-likeness (QED) is 0.579. The average molecular weight is 239 g/mol. The van der Waals surface area contributed by atoms with Crippen LogP contribution in [0.2, 0.25) is 0 Å². The summed E-state index contributed by atoms with van der Waals surface area (Å²) in [5.41, 5.74) is 0.346. The Morgan fingerprint density at radius 2 is 1.94 bits per heavy atom. The molecule has 0 atom stereocenters. The van der Waals surface area contributed by atoms with E-state index in [1.807, 2.05) is 11.9 Å². The number of halogens is 1. The zero-order valence-electron chi connectivity index (χ0n) is 9.60. The van der Waals surface area contributed by atoms with Gasteiger partial charge in [-0.25, -0.2) is 4.39 Å². The molecular weight excluding hydrogens is 225 g/mol. The van der Waals surface area contributed by atoms with E-state index in [-0.39, 0.29) is 5.69 Å². The molecular formula is C11H14FN3O2. The first-order valence-electron chi connectivity index (χ1n) is 5.45. The zero-order valence-corrected chi connectivity index (χ0v) is 9.60. The van der Waals surface area contributed by atoms with Crippen LogP contribution in [0.25, 0.3) is 0 Å². The van der Waals surface area contributed by atoms with Crippen LogP contribution in [0.3, 0.4) is 0 Å². The molecule has 1 aromatic carbocycles. The third-order valence-electron chi connectivity index (χ3n) is 2.98. The smallest absolute Gasteiger partial charge is 0.295 e. The normalized spacial score (nSPS) is 17.2. The number of nitro groups is 1. The molecule has 0 aromatic heterocycles. The maximum atomic E-state index is 13.0. The summed E-state index contributed by atoms with van der Waals surface area (Å²) in [7, 11) is 2.01. The topological polar surface area (TPSA) is 49.6 Å². The van der Waals surface area contributed by atoms with Crippen LogP contribution in [0.1, 0.15) is 0 Å². The highest BCUT2D eigenvalue weighted by Crippen LogP contribution is 2.29. The van der Waals surface area contributed by atoms with Gasteiger partial charge in [-0.15, -0.1) is 0 Å². The minimum absolute atomic E-state index is 0.158. The van der Waals surface area contributed by atoms with Crippen molar-refractivity contribution in [3.63, 3.8) is 0 Å². The molecule has 5 nitrogen and oxygen atoms in total. The van der Waals surface area contributed by atoms with Crippen molar-refractivity contribution < 1.29 is 9.31 Å². The summed E-state index contributed by atoms with van der Waals surface area (Å²) in [6.45, 7) is 3.16. The lowest BCUT2D eigenvalue weighted by Crippen LogP contribution is -2.44. The number of benzene rings is 1. The minimum atomic E-state index is -0.574. The van der Waals surface area contributed by atoms with E-state index < -0.39 is 10.7 Å². The number of nitro benzene ring substituents is 1. The van der Waals surface area contributed by atoms with Crippen molar-refractivity contribution in [2.75, 3.05) is 38.1 Å². The highest BCUT2D eigenvalue weighted by atomic mass is 19.1. The largest absolute Gasteiger partial charge is 0.363 e. The molecule has 0 spiro atoms. The van der Waals surface area contributed by atoms with Gasteiger partial charge < -0.3 is 9.80 Å². The Labute approximate surface area is 98.6 Å². The Morgan fingerprint density at radius 3 is 2.53 bits per heavy atom. The third kappa shape index (κ3) is 2.52. The molecule has 1 aliphatic heterocycles. The molecule has 6 heteroatoms. The van der Waals surface area contributed by atoms with E-state index in [0.717, 1.165) is 32.2 Å². The van der Waals surface area contributed by atoms with Crippen LogP contribution in [0.4, 0.5) is 15.8 Å². The van der Waals surface area contributed by atoms with Gasteiger partial charge in [0.15, 0.2) is 0 Å². The standard InChI is InChI=1S/C11H14FN3O2/c1-13-4-6-14(7-5-13)10-3-2-9(12)8-11(10)15(16)17/h2-3,8H,4-7H2,1H3. The molecule has 2 rings (SSSR count). The fraction of sp³-hybridized carbons (Fsp3) is 0.455. The predicted octanol–water partition coefficient (Wildman–Crippen LogP) is 1.49. The van der Waals surface area contributed by atoms with Gasteiger partial charge in [-0.1, -0.05) is 0 Å². The summed E-state index contributed by atoms with van der Waals surface area (Å²) >= 11 is 0. The number of rotatable bonds is 2. The Balaban J connectivity index is 2.28. The van der Waals surface area contributed by atoms with Crippen LogP contribution in [0.5, 0.6) is 0 Å². The molecule has 17 heavy (non-hydrogen) atoms. The Bertz CT molecular complexity index is 431. The molecule has 0 unspecified atom stereocenters. The second kappa shape index (κ2) is 4.67. The SMILES string of the molecule is CN1CCN(c2ccc(F)cc2[N+](=O)[O-])CC1. The Morgan fingerprint density at radius 1 is 1.29 bits per heavy atom. The first-order valence-corrected chi connectivity index (χ1v) is 5.45. The van der Waals surface area contributed by atoms with Gasteiger partial charge in [-0.2, -0.15) is 0 Å². The Hall–Kier alpha value is -1.69. The van der Waals surface area contributed by atoms with Crippen molar-refractivity contribution in [3.8, 4) is 0 Å². The fourth-order valence-corrected chi connectivity index (χ4v) is 1.96. The molecule has 0 aliphatic carbocycles. The molecule has 1 aliphatic rings. The van der Waals surface area contributed by atoms with Crippen LogP contribution in [-0.4, -0.2) is 43.0 Å². The molecule has 1 aromatic rings. The van der Waals surface area contributed by atoms with Gasteiger partial charge in [0.2, 0.25) is 0 Å². The van der Waals surface area contributed by atoms with Crippen molar-refractivity contribution in [1.82, 2.24) is 4.90 Å². The highest BCUT2D eigenvalue weighted by Gasteiger charge is 2.22. The van der Waals surface area contributed by atoms with Crippen LogP contribution < -0.4 is 4.90 Å². The fourth-order valence-electron chi connectivity index (χ4n) is 1.96. The Kier molecular flexibility index (Phi) is 3.23. The molecule has 92 valence electrons. The van der Waals surface area contributed by atoms with Gasteiger partial charge >= 0.3 is 0 Å². The van der Waals surface area contributed by atoms with Crippen LogP contribution >= 0.6 is 0 Å². The minimum Gasteiger partial charge on any atom is -0.363 e. The molecule has 0 amide bonds. The maximum Gasteiger partial charge on any atom is 0.295 e. The van der Waals surface area contributed by atoms with E-state index in [4.69, 9.17) is 0 Å².